The lowest BCUT2D eigenvalue weighted by molar-refractivity contribution is 0.0697. The van der Waals surface area contributed by atoms with Crippen molar-refractivity contribution in [3.8, 4) is 0 Å². The Labute approximate surface area is 122 Å². The number of hydrogen-bond acceptors (Lipinski definition) is 3. The molecule has 19 heavy (non-hydrogen) atoms. The van der Waals surface area contributed by atoms with Gasteiger partial charge >= 0.3 is 5.97 Å². The summed E-state index contributed by atoms with van der Waals surface area (Å²) in [6.07, 6.45) is 2.33. The summed E-state index contributed by atoms with van der Waals surface area (Å²) in [5.41, 5.74) is 1.31. The van der Waals surface area contributed by atoms with E-state index in [1.165, 1.54) is 6.42 Å². The first-order chi connectivity index (χ1) is 8.97. The van der Waals surface area contributed by atoms with Crippen molar-refractivity contribution in [3.63, 3.8) is 0 Å². The van der Waals surface area contributed by atoms with Crippen LogP contribution >= 0.6 is 15.9 Å². The molecule has 0 aliphatic carbocycles. The maximum absolute atomic E-state index is 11.1. The van der Waals surface area contributed by atoms with E-state index in [0.29, 0.717) is 11.6 Å². The van der Waals surface area contributed by atoms with Crippen molar-refractivity contribution in [2.75, 3.05) is 32.1 Å². The van der Waals surface area contributed by atoms with Crippen LogP contribution in [0, 0.1) is 0 Å². The molecular weight excluding hydrogens is 308 g/mol. The lowest BCUT2D eigenvalue weighted by Gasteiger charge is -2.37. The van der Waals surface area contributed by atoms with E-state index < -0.39 is 5.97 Å². The average Bonchev–Trinajstić information content (AvgIpc) is 2.38. The molecule has 1 aromatic rings. The third-order valence-corrected chi connectivity index (χ3v) is 4.08. The summed E-state index contributed by atoms with van der Waals surface area (Å²) in [7, 11) is 4.19. The average molecular weight is 327 g/mol. The normalized spacial score (nSPS) is 19.8. The van der Waals surface area contributed by atoms with Gasteiger partial charge in [-0.15, -0.1) is 0 Å². The Hall–Kier alpha value is -1.07. The van der Waals surface area contributed by atoms with Gasteiger partial charge in [-0.2, -0.15) is 0 Å². The van der Waals surface area contributed by atoms with E-state index in [1.807, 2.05) is 6.07 Å². The van der Waals surface area contributed by atoms with E-state index in [-0.39, 0.29) is 0 Å². The van der Waals surface area contributed by atoms with Crippen molar-refractivity contribution >= 4 is 27.6 Å². The van der Waals surface area contributed by atoms with E-state index in [9.17, 15) is 4.79 Å². The van der Waals surface area contributed by atoms with Crippen LogP contribution in [0.25, 0.3) is 0 Å². The Kier molecular flexibility index (Phi) is 4.47. The fraction of sp³-hybridized carbons (Fsp3) is 0.500. The second-order valence-corrected chi connectivity index (χ2v) is 6.12. The maximum atomic E-state index is 11.1. The van der Waals surface area contributed by atoms with E-state index in [1.54, 1.807) is 12.1 Å². The standard InChI is InChI=1S/C14H19BrN2O2/c1-16(2)12-4-3-5-17(9-12)13-7-10(14(18)19)6-11(15)8-13/h6-8,12H,3-5,9H2,1-2H3,(H,18,19). The van der Waals surface area contributed by atoms with Crippen molar-refractivity contribution in [2.45, 2.75) is 18.9 Å². The molecule has 0 amide bonds. The Morgan fingerprint density at radius 3 is 2.79 bits per heavy atom. The van der Waals surface area contributed by atoms with E-state index >= 15 is 0 Å². The maximum Gasteiger partial charge on any atom is 0.335 e. The van der Waals surface area contributed by atoms with Gasteiger partial charge in [0, 0.05) is 29.3 Å². The number of carboxylic acids is 1. The molecule has 1 atom stereocenters. The van der Waals surface area contributed by atoms with Crippen molar-refractivity contribution < 1.29 is 9.90 Å². The Morgan fingerprint density at radius 2 is 2.16 bits per heavy atom. The molecule has 1 aliphatic rings. The topological polar surface area (TPSA) is 43.8 Å². The fourth-order valence-corrected chi connectivity index (χ4v) is 2.97. The Balaban J connectivity index is 2.23. The zero-order chi connectivity index (χ0) is 14.0. The van der Waals surface area contributed by atoms with Gasteiger partial charge in [0.15, 0.2) is 0 Å². The minimum atomic E-state index is -0.885. The number of aromatic carboxylic acids is 1. The van der Waals surface area contributed by atoms with Crippen molar-refractivity contribution in [1.29, 1.82) is 0 Å². The number of carboxylic acid groups (broad SMARTS) is 1. The molecule has 0 bridgehead atoms. The highest BCUT2D eigenvalue weighted by Gasteiger charge is 2.22. The third-order valence-electron chi connectivity index (χ3n) is 3.62. The highest BCUT2D eigenvalue weighted by Crippen LogP contribution is 2.26. The molecule has 1 N–H and O–H groups in total. The summed E-state index contributed by atoms with van der Waals surface area (Å²) in [4.78, 5) is 15.6. The highest BCUT2D eigenvalue weighted by atomic mass is 79.9. The molecule has 5 heteroatoms. The molecule has 0 spiro atoms. The van der Waals surface area contributed by atoms with Gasteiger partial charge in [0.1, 0.15) is 0 Å². The first-order valence-corrected chi connectivity index (χ1v) is 7.22. The molecule has 0 saturated carbocycles. The van der Waals surface area contributed by atoms with E-state index in [0.717, 1.165) is 29.7 Å². The van der Waals surface area contributed by atoms with E-state index in [4.69, 9.17) is 5.11 Å². The second kappa shape index (κ2) is 5.92. The van der Waals surface area contributed by atoms with Gasteiger partial charge in [0.05, 0.1) is 5.56 Å². The zero-order valence-corrected chi connectivity index (χ0v) is 12.9. The molecule has 1 saturated heterocycles. The number of rotatable bonds is 3. The molecule has 1 aliphatic heterocycles. The molecule has 0 radical (unpaired) electrons. The zero-order valence-electron chi connectivity index (χ0n) is 11.3. The molecule has 1 fully saturated rings. The van der Waals surface area contributed by atoms with Crippen LogP contribution in [-0.4, -0.2) is 49.2 Å². The van der Waals surface area contributed by atoms with Crippen LogP contribution in [0.4, 0.5) is 5.69 Å². The summed E-state index contributed by atoms with van der Waals surface area (Å²) >= 11 is 3.39. The first-order valence-electron chi connectivity index (χ1n) is 6.42. The van der Waals surface area contributed by atoms with Gasteiger partial charge < -0.3 is 14.9 Å². The minimum absolute atomic E-state index is 0.330. The predicted molar refractivity (Wildman–Crippen MR) is 80.0 cm³/mol. The summed E-state index contributed by atoms with van der Waals surface area (Å²) in [5, 5.41) is 9.12. The predicted octanol–water partition coefficient (Wildman–Crippen LogP) is 2.68. The number of carbonyl (C=O) groups is 1. The van der Waals surface area contributed by atoms with Crippen LogP contribution in [0.3, 0.4) is 0 Å². The highest BCUT2D eigenvalue weighted by molar-refractivity contribution is 9.10. The Bertz CT molecular complexity index is 477. The molecule has 2 rings (SSSR count). The van der Waals surface area contributed by atoms with Gasteiger partial charge in [-0.25, -0.2) is 4.79 Å². The number of likely N-dealkylation sites (N-methyl/N-ethyl adjacent to an activating group) is 1. The van der Waals surface area contributed by atoms with Gasteiger partial charge in [-0.3, -0.25) is 0 Å². The van der Waals surface area contributed by atoms with E-state index in [2.05, 4.69) is 39.8 Å². The smallest absolute Gasteiger partial charge is 0.335 e. The van der Waals surface area contributed by atoms with Crippen LogP contribution in [0.2, 0.25) is 0 Å². The van der Waals surface area contributed by atoms with Crippen LogP contribution in [0.5, 0.6) is 0 Å². The van der Waals surface area contributed by atoms with Gasteiger partial charge in [-0.05, 0) is 45.1 Å². The van der Waals surface area contributed by atoms with Gasteiger partial charge in [-0.1, -0.05) is 15.9 Å². The molecule has 1 aromatic carbocycles. The third kappa shape index (κ3) is 3.48. The van der Waals surface area contributed by atoms with Crippen LogP contribution < -0.4 is 4.90 Å². The summed E-state index contributed by atoms with van der Waals surface area (Å²) in [5.74, 6) is -0.885. The van der Waals surface area contributed by atoms with Crippen molar-refractivity contribution in [2.24, 2.45) is 0 Å². The van der Waals surface area contributed by atoms with Crippen molar-refractivity contribution in [1.82, 2.24) is 4.90 Å². The summed E-state index contributed by atoms with van der Waals surface area (Å²) < 4.78 is 0.814. The molecule has 0 aromatic heterocycles. The number of benzene rings is 1. The first kappa shape index (κ1) is 14.3. The van der Waals surface area contributed by atoms with Gasteiger partial charge in [0.2, 0.25) is 0 Å². The molecule has 1 heterocycles. The second-order valence-electron chi connectivity index (χ2n) is 5.21. The van der Waals surface area contributed by atoms with Crippen LogP contribution in [0.1, 0.15) is 23.2 Å². The fourth-order valence-electron chi connectivity index (χ4n) is 2.49. The van der Waals surface area contributed by atoms with Gasteiger partial charge in [0.25, 0.3) is 0 Å². The summed E-state index contributed by atoms with van der Waals surface area (Å²) in [6, 6.07) is 5.91. The van der Waals surface area contributed by atoms with Crippen LogP contribution in [-0.2, 0) is 0 Å². The van der Waals surface area contributed by atoms with Crippen molar-refractivity contribution in [3.05, 3.63) is 28.2 Å². The monoisotopic (exact) mass is 326 g/mol. The SMILES string of the molecule is CN(C)C1CCCN(c2cc(Br)cc(C(=O)O)c2)C1. The summed E-state index contributed by atoms with van der Waals surface area (Å²) in [6.45, 7) is 1.93. The largest absolute Gasteiger partial charge is 0.478 e. The van der Waals surface area contributed by atoms with Crippen LogP contribution in [0.15, 0.2) is 22.7 Å². The minimum Gasteiger partial charge on any atom is -0.478 e. The Morgan fingerprint density at radius 1 is 1.42 bits per heavy atom. The molecule has 1 unspecified atom stereocenters. The molecule has 104 valence electrons. The molecular formula is C14H19BrN2O2. The lowest BCUT2D eigenvalue weighted by atomic mass is 10.0. The number of hydrogen-bond donors (Lipinski definition) is 1. The number of piperidine rings is 1. The number of anilines is 1. The lowest BCUT2D eigenvalue weighted by Crippen LogP contribution is -2.45. The number of halogens is 1. The number of nitrogens with zero attached hydrogens (tertiary/aromatic N) is 2. The molecule has 4 nitrogen and oxygen atoms in total. The quantitative estimate of drug-likeness (QED) is 0.927.